The van der Waals surface area contributed by atoms with E-state index in [2.05, 4.69) is 50.3 Å². The Morgan fingerprint density at radius 2 is 2.04 bits per heavy atom. The van der Waals surface area contributed by atoms with Gasteiger partial charge in [-0.15, -0.1) is 5.10 Å². The minimum absolute atomic E-state index is 0.498. The molecule has 1 aliphatic rings. The van der Waals surface area contributed by atoms with Gasteiger partial charge in [0.05, 0.1) is 11.9 Å². The molecule has 4 rings (SSSR count). The van der Waals surface area contributed by atoms with Crippen LogP contribution in [0.25, 0.3) is 16.9 Å². The second-order valence-corrected chi connectivity index (χ2v) is 6.43. The maximum Gasteiger partial charge on any atom is 0.154 e. The monoisotopic (exact) mass is 336 g/mol. The lowest BCUT2D eigenvalue weighted by atomic mass is 10.0. The number of hydrogen-bond acceptors (Lipinski definition) is 5. The van der Waals surface area contributed by atoms with Gasteiger partial charge in [0.1, 0.15) is 5.82 Å². The highest BCUT2D eigenvalue weighted by Crippen LogP contribution is 2.26. The molecule has 6 nitrogen and oxygen atoms in total. The van der Waals surface area contributed by atoms with Crippen LogP contribution in [0, 0.1) is 0 Å². The predicted molar refractivity (Wildman–Crippen MR) is 101 cm³/mol. The minimum atomic E-state index is 0.498. The Labute approximate surface area is 147 Å². The van der Waals surface area contributed by atoms with Crippen LogP contribution in [-0.4, -0.2) is 41.3 Å². The van der Waals surface area contributed by atoms with Crippen molar-refractivity contribution in [2.24, 2.45) is 0 Å². The van der Waals surface area contributed by atoms with Gasteiger partial charge in [-0.3, -0.25) is 0 Å². The van der Waals surface area contributed by atoms with E-state index in [1.807, 2.05) is 29.9 Å². The van der Waals surface area contributed by atoms with Crippen molar-refractivity contribution in [1.82, 2.24) is 25.2 Å². The number of likely N-dealkylation sites (N-methyl/N-ethyl adjacent to an activating group) is 1. The van der Waals surface area contributed by atoms with Crippen LogP contribution in [0.2, 0.25) is 0 Å². The molecule has 2 aromatic heterocycles. The van der Waals surface area contributed by atoms with Gasteiger partial charge in [0.15, 0.2) is 5.65 Å². The van der Waals surface area contributed by atoms with Crippen molar-refractivity contribution >= 4 is 11.5 Å². The number of aromatic nitrogens is 3. The van der Waals surface area contributed by atoms with Crippen LogP contribution in [-0.2, 0) is 0 Å². The minimum Gasteiger partial charge on any atom is -0.367 e. The molecule has 0 bridgehead atoms. The number of anilines is 1. The van der Waals surface area contributed by atoms with Gasteiger partial charge in [-0.25, -0.2) is 9.50 Å². The molecule has 0 spiro atoms. The van der Waals surface area contributed by atoms with E-state index in [9.17, 15) is 0 Å². The van der Waals surface area contributed by atoms with E-state index in [-0.39, 0.29) is 0 Å². The summed E-state index contributed by atoms with van der Waals surface area (Å²) < 4.78 is 1.91. The molecule has 1 atom stereocenters. The summed E-state index contributed by atoms with van der Waals surface area (Å²) in [5, 5.41) is 14.7. The summed E-state index contributed by atoms with van der Waals surface area (Å²) in [5.74, 6) is 0.855. The molecule has 0 aliphatic carbocycles. The van der Waals surface area contributed by atoms with Gasteiger partial charge >= 0.3 is 0 Å². The average molecular weight is 336 g/mol. The SMILES string of the molecule is CNCCNc1ccc2ncc(-c3ccc(C4CCCN4)cc3)n2n1. The molecule has 6 heteroatoms. The standard InChI is InChI=1S/C19H24N6/c1-20-11-12-22-18-8-9-19-23-13-17(25(19)24-18)15-6-4-14(5-7-15)16-3-2-10-21-16/h4-9,13,16,20-21H,2-3,10-12H2,1H3,(H,22,24). The van der Waals surface area contributed by atoms with E-state index >= 15 is 0 Å². The van der Waals surface area contributed by atoms with Gasteiger partial charge in [0, 0.05) is 24.7 Å². The fourth-order valence-corrected chi connectivity index (χ4v) is 3.34. The maximum absolute atomic E-state index is 4.69. The van der Waals surface area contributed by atoms with Crippen LogP contribution in [0.1, 0.15) is 24.4 Å². The first-order valence-corrected chi connectivity index (χ1v) is 8.92. The fraction of sp³-hybridized carbons (Fsp3) is 0.368. The number of nitrogens with one attached hydrogen (secondary N) is 3. The van der Waals surface area contributed by atoms with Crippen molar-refractivity contribution in [2.75, 3.05) is 32.0 Å². The zero-order valence-electron chi connectivity index (χ0n) is 14.5. The highest BCUT2D eigenvalue weighted by Gasteiger charge is 2.16. The molecule has 3 aromatic rings. The Morgan fingerprint density at radius 3 is 2.80 bits per heavy atom. The quantitative estimate of drug-likeness (QED) is 0.604. The number of imidazole rings is 1. The summed E-state index contributed by atoms with van der Waals surface area (Å²) in [7, 11) is 1.94. The van der Waals surface area contributed by atoms with E-state index in [4.69, 9.17) is 0 Å². The zero-order chi connectivity index (χ0) is 17.1. The molecule has 1 aliphatic heterocycles. The van der Waals surface area contributed by atoms with E-state index in [0.717, 1.165) is 42.4 Å². The highest BCUT2D eigenvalue weighted by molar-refractivity contribution is 5.64. The van der Waals surface area contributed by atoms with E-state index in [0.29, 0.717) is 6.04 Å². The van der Waals surface area contributed by atoms with Crippen LogP contribution < -0.4 is 16.0 Å². The van der Waals surface area contributed by atoms with Crippen molar-refractivity contribution in [2.45, 2.75) is 18.9 Å². The normalized spacial score (nSPS) is 17.2. The molecule has 0 radical (unpaired) electrons. The van der Waals surface area contributed by atoms with Crippen molar-refractivity contribution in [3.63, 3.8) is 0 Å². The smallest absolute Gasteiger partial charge is 0.154 e. The molecule has 0 amide bonds. The highest BCUT2D eigenvalue weighted by atomic mass is 15.3. The summed E-state index contributed by atoms with van der Waals surface area (Å²) in [6.07, 6.45) is 4.37. The first-order valence-electron chi connectivity index (χ1n) is 8.92. The summed E-state index contributed by atoms with van der Waals surface area (Å²) in [5.41, 5.74) is 4.36. The van der Waals surface area contributed by atoms with E-state index in [1.54, 1.807) is 0 Å². The van der Waals surface area contributed by atoms with Crippen LogP contribution in [0.15, 0.2) is 42.6 Å². The molecule has 3 N–H and O–H groups in total. The number of rotatable bonds is 6. The Bertz CT molecular complexity index is 833. The van der Waals surface area contributed by atoms with Crippen LogP contribution in [0.3, 0.4) is 0 Å². The zero-order valence-corrected chi connectivity index (χ0v) is 14.5. The van der Waals surface area contributed by atoms with Crippen molar-refractivity contribution in [3.8, 4) is 11.3 Å². The molecule has 1 aromatic carbocycles. The lowest BCUT2D eigenvalue weighted by molar-refractivity contribution is 0.648. The summed E-state index contributed by atoms with van der Waals surface area (Å²) >= 11 is 0. The van der Waals surface area contributed by atoms with Gasteiger partial charge in [-0.1, -0.05) is 24.3 Å². The summed E-state index contributed by atoms with van der Waals surface area (Å²) in [4.78, 5) is 4.48. The first kappa shape index (κ1) is 16.1. The Kier molecular flexibility index (Phi) is 4.63. The van der Waals surface area contributed by atoms with Gasteiger partial charge in [0.25, 0.3) is 0 Å². The molecule has 3 heterocycles. The predicted octanol–water partition coefficient (Wildman–Crippen LogP) is 2.45. The third kappa shape index (κ3) is 3.36. The van der Waals surface area contributed by atoms with Crippen LogP contribution in [0.5, 0.6) is 0 Å². The first-order chi connectivity index (χ1) is 12.3. The third-order valence-corrected chi connectivity index (χ3v) is 4.71. The number of benzene rings is 1. The molecular formula is C19H24N6. The van der Waals surface area contributed by atoms with Crippen LogP contribution in [0.4, 0.5) is 5.82 Å². The largest absolute Gasteiger partial charge is 0.367 e. The van der Waals surface area contributed by atoms with E-state index < -0.39 is 0 Å². The topological polar surface area (TPSA) is 66.3 Å². The summed E-state index contributed by atoms with van der Waals surface area (Å²) in [6, 6.07) is 13.2. The van der Waals surface area contributed by atoms with Crippen LogP contribution >= 0.6 is 0 Å². The van der Waals surface area contributed by atoms with Crippen molar-refractivity contribution < 1.29 is 0 Å². The number of hydrogen-bond donors (Lipinski definition) is 3. The fourth-order valence-electron chi connectivity index (χ4n) is 3.34. The second kappa shape index (κ2) is 7.21. The van der Waals surface area contributed by atoms with Crippen molar-refractivity contribution in [1.29, 1.82) is 0 Å². The molecule has 0 saturated carbocycles. The van der Waals surface area contributed by atoms with Gasteiger partial charge < -0.3 is 16.0 Å². The lowest BCUT2D eigenvalue weighted by Crippen LogP contribution is -2.18. The number of fused-ring (bicyclic) bond motifs is 1. The molecule has 1 unspecified atom stereocenters. The second-order valence-electron chi connectivity index (χ2n) is 6.43. The molecular weight excluding hydrogens is 312 g/mol. The molecule has 130 valence electrons. The number of nitrogens with zero attached hydrogens (tertiary/aromatic N) is 3. The lowest BCUT2D eigenvalue weighted by Gasteiger charge is -2.11. The maximum atomic E-state index is 4.69. The molecule has 25 heavy (non-hydrogen) atoms. The average Bonchev–Trinajstić information content (AvgIpc) is 3.32. The Hall–Kier alpha value is -2.44. The van der Waals surface area contributed by atoms with E-state index in [1.165, 1.54) is 18.4 Å². The molecule has 1 saturated heterocycles. The molecule has 1 fully saturated rings. The third-order valence-electron chi connectivity index (χ3n) is 4.71. The van der Waals surface area contributed by atoms with Crippen molar-refractivity contribution in [3.05, 3.63) is 48.2 Å². The Balaban J connectivity index is 1.60. The Morgan fingerprint density at radius 1 is 1.16 bits per heavy atom. The van der Waals surface area contributed by atoms with Gasteiger partial charge in [-0.2, -0.15) is 0 Å². The van der Waals surface area contributed by atoms with Gasteiger partial charge in [-0.05, 0) is 44.1 Å². The van der Waals surface area contributed by atoms with Gasteiger partial charge in [0.2, 0.25) is 0 Å². The summed E-state index contributed by atoms with van der Waals surface area (Å²) in [6.45, 7) is 2.85.